The molecule has 0 aromatic heterocycles. The lowest BCUT2D eigenvalue weighted by atomic mass is 9.75. The predicted molar refractivity (Wildman–Crippen MR) is 138 cm³/mol. The van der Waals surface area contributed by atoms with E-state index < -0.39 is 13.4 Å². The van der Waals surface area contributed by atoms with E-state index in [1.165, 1.54) is 0 Å². The van der Waals surface area contributed by atoms with E-state index in [9.17, 15) is 9.67 Å². The van der Waals surface area contributed by atoms with Crippen molar-refractivity contribution in [1.82, 2.24) is 0 Å². The molecular weight excluding hydrogens is 463 g/mol. The molecule has 3 aliphatic rings. The van der Waals surface area contributed by atoms with Gasteiger partial charge in [-0.2, -0.15) is 0 Å². The Balaban J connectivity index is 1.67. The highest BCUT2D eigenvalue weighted by atomic mass is 31.2. The zero-order valence-corrected chi connectivity index (χ0v) is 23.2. The Bertz CT molecular complexity index is 863. The molecule has 6 nitrogen and oxygen atoms in total. The Hall–Kier alpha value is -1.07. The van der Waals surface area contributed by atoms with E-state index >= 15 is 0 Å². The lowest BCUT2D eigenvalue weighted by Gasteiger charge is -2.42. The first-order valence-electron chi connectivity index (χ1n) is 13.6. The first-order valence-corrected chi connectivity index (χ1v) is 15.2. The van der Waals surface area contributed by atoms with Crippen LogP contribution in [0.3, 0.4) is 0 Å². The van der Waals surface area contributed by atoms with Crippen molar-refractivity contribution in [3.63, 3.8) is 0 Å². The minimum absolute atomic E-state index is 0.144. The average Bonchev–Trinajstić information content (AvgIpc) is 3.26. The number of aliphatic hydroxyl groups excluding tert-OH is 1. The van der Waals surface area contributed by atoms with Gasteiger partial charge >= 0.3 is 7.60 Å². The number of benzene rings is 1. The molecule has 8 atom stereocenters. The van der Waals surface area contributed by atoms with E-state index in [4.69, 9.17) is 18.5 Å². The fourth-order valence-electron chi connectivity index (χ4n) is 6.25. The molecule has 4 rings (SSSR count). The standard InChI is InChI=1S/C28H45O6P/c1-17(2)22-10-7-19(5)13-25(22)33-35(30,34-26-14-20(6)8-11-23(26)18(3)4)28(29)21-9-12-24-27(15-21)32-16-31-24/h9,12,15,17-20,22-23,25-26,28-29H,7-8,10-11,13-14,16H2,1-6H3/t19-,20-,22-,23+,25+,26+,28-,35?/m0/s1. The van der Waals surface area contributed by atoms with Crippen LogP contribution in [0, 0.1) is 35.5 Å². The van der Waals surface area contributed by atoms with Crippen LogP contribution in [-0.2, 0) is 13.6 Å². The van der Waals surface area contributed by atoms with Crippen LogP contribution in [0.15, 0.2) is 18.2 Å². The van der Waals surface area contributed by atoms with Crippen LogP contribution in [0.25, 0.3) is 0 Å². The summed E-state index contributed by atoms with van der Waals surface area (Å²) < 4.78 is 38.8. The summed E-state index contributed by atoms with van der Waals surface area (Å²) in [6.07, 6.45) is 5.63. The smallest absolute Gasteiger partial charge is 0.363 e. The number of rotatable bonds is 8. The highest BCUT2D eigenvalue weighted by Crippen LogP contribution is 2.64. The van der Waals surface area contributed by atoms with E-state index in [1.54, 1.807) is 18.2 Å². The molecule has 7 heteroatoms. The van der Waals surface area contributed by atoms with Gasteiger partial charge in [0.2, 0.25) is 6.79 Å². The minimum atomic E-state index is -3.94. The van der Waals surface area contributed by atoms with E-state index in [-0.39, 0.29) is 19.0 Å². The van der Waals surface area contributed by atoms with Crippen molar-refractivity contribution >= 4 is 7.60 Å². The number of fused-ring (bicyclic) bond motifs is 1. The summed E-state index contributed by atoms with van der Waals surface area (Å²) in [6.45, 7) is 13.4. The molecule has 1 heterocycles. The third kappa shape index (κ3) is 6.09. The SMILES string of the molecule is CC(C)[C@H]1CC[C@H](C)C[C@H]1OP(=O)(O[C@@H]1C[C@@H](C)CC[C@H]1C(C)C)[C@H](O)c1ccc2c(c1)OCO2. The molecule has 2 aliphatic carbocycles. The van der Waals surface area contributed by atoms with Crippen LogP contribution >= 0.6 is 7.60 Å². The van der Waals surface area contributed by atoms with Gasteiger partial charge in [-0.3, -0.25) is 4.57 Å². The van der Waals surface area contributed by atoms with Crippen molar-refractivity contribution in [3.05, 3.63) is 23.8 Å². The fraction of sp³-hybridized carbons (Fsp3) is 0.786. The van der Waals surface area contributed by atoms with E-state index in [1.807, 2.05) is 0 Å². The summed E-state index contributed by atoms with van der Waals surface area (Å²) in [5.41, 5.74) is 0.479. The summed E-state index contributed by atoms with van der Waals surface area (Å²) in [5.74, 6) is 2.16. The van der Waals surface area contributed by atoms with Crippen molar-refractivity contribution in [2.24, 2.45) is 35.5 Å². The summed E-state index contributed by atoms with van der Waals surface area (Å²) in [7, 11) is -3.94. The molecule has 198 valence electrons. The monoisotopic (exact) mass is 508 g/mol. The van der Waals surface area contributed by atoms with E-state index in [2.05, 4.69) is 41.5 Å². The molecule has 0 bridgehead atoms. The van der Waals surface area contributed by atoms with Gasteiger partial charge in [-0.05, 0) is 78.9 Å². The summed E-state index contributed by atoms with van der Waals surface area (Å²) in [6, 6.07) is 5.20. The number of hydrogen-bond acceptors (Lipinski definition) is 6. The maximum absolute atomic E-state index is 14.7. The molecule has 0 radical (unpaired) electrons. The van der Waals surface area contributed by atoms with Crippen LogP contribution < -0.4 is 9.47 Å². The Morgan fingerprint density at radius 3 is 1.89 bits per heavy atom. The van der Waals surface area contributed by atoms with Crippen molar-refractivity contribution in [1.29, 1.82) is 0 Å². The number of hydrogen-bond donors (Lipinski definition) is 1. The van der Waals surface area contributed by atoms with Crippen molar-refractivity contribution in [3.8, 4) is 11.5 Å². The first-order chi connectivity index (χ1) is 16.6. The molecule has 35 heavy (non-hydrogen) atoms. The van der Waals surface area contributed by atoms with Gasteiger partial charge in [0, 0.05) is 0 Å². The quantitative estimate of drug-likeness (QED) is 0.365. The third-order valence-electron chi connectivity index (χ3n) is 8.48. The Morgan fingerprint density at radius 2 is 1.37 bits per heavy atom. The van der Waals surface area contributed by atoms with E-state index in [0.29, 0.717) is 52.6 Å². The van der Waals surface area contributed by atoms with Crippen LogP contribution in [0.2, 0.25) is 0 Å². The molecule has 1 aromatic rings. The maximum atomic E-state index is 14.7. The zero-order valence-electron chi connectivity index (χ0n) is 22.3. The highest BCUT2D eigenvalue weighted by Gasteiger charge is 2.46. The second-order valence-corrected chi connectivity index (χ2v) is 14.0. The van der Waals surface area contributed by atoms with Crippen LogP contribution in [-0.4, -0.2) is 24.1 Å². The maximum Gasteiger partial charge on any atom is 0.363 e. The van der Waals surface area contributed by atoms with Crippen molar-refractivity contribution < 1.29 is 28.2 Å². The third-order valence-corrected chi connectivity index (χ3v) is 10.5. The van der Waals surface area contributed by atoms with Gasteiger partial charge in [-0.25, -0.2) is 0 Å². The first kappa shape index (κ1) is 27.0. The second kappa shape index (κ2) is 11.1. The zero-order chi connectivity index (χ0) is 25.3. The highest BCUT2D eigenvalue weighted by molar-refractivity contribution is 7.54. The van der Waals surface area contributed by atoms with Crippen molar-refractivity contribution in [2.75, 3.05) is 6.79 Å². The molecule has 0 amide bonds. The average molecular weight is 509 g/mol. The Kier molecular flexibility index (Phi) is 8.58. The minimum Gasteiger partial charge on any atom is -0.454 e. The molecule has 2 saturated carbocycles. The molecule has 1 aliphatic heterocycles. The van der Waals surface area contributed by atoms with Gasteiger partial charge in [0.1, 0.15) is 0 Å². The second-order valence-electron chi connectivity index (χ2n) is 12.0. The van der Waals surface area contributed by atoms with Crippen LogP contribution in [0.1, 0.15) is 91.5 Å². The summed E-state index contributed by atoms with van der Waals surface area (Å²) in [4.78, 5) is 0. The van der Waals surface area contributed by atoms with Crippen LogP contribution in [0.4, 0.5) is 0 Å². The molecule has 2 fully saturated rings. The fourth-order valence-corrected chi connectivity index (χ4v) is 8.29. The van der Waals surface area contributed by atoms with Gasteiger partial charge in [0.05, 0.1) is 12.2 Å². The molecule has 1 unspecified atom stereocenters. The molecular formula is C28H45O6P. The van der Waals surface area contributed by atoms with E-state index in [0.717, 1.165) is 38.5 Å². The lowest BCUT2D eigenvalue weighted by Crippen LogP contribution is -2.37. The van der Waals surface area contributed by atoms with Gasteiger partial charge in [0.25, 0.3) is 0 Å². The lowest BCUT2D eigenvalue weighted by molar-refractivity contribution is -0.0154. The van der Waals surface area contributed by atoms with Gasteiger partial charge in [-0.15, -0.1) is 0 Å². The van der Waals surface area contributed by atoms with Gasteiger partial charge in [0.15, 0.2) is 17.3 Å². The Morgan fingerprint density at radius 1 is 0.857 bits per heavy atom. The summed E-state index contributed by atoms with van der Waals surface area (Å²) in [5, 5.41) is 11.6. The van der Waals surface area contributed by atoms with Crippen molar-refractivity contribution in [2.45, 2.75) is 98.1 Å². The van der Waals surface area contributed by atoms with Gasteiger partial charge < -0.3 is 23.6 Å². The van der Waals surface area contributed by atoms with Gasteiger partial charge in [-0.1, -0.05) is 60.5 Å². The van der Waals surface area contributed by atoms with Crippen LogP contribution in [0.5, 0.6) is 11.5 Å². The number of aliphatic hydroxyl groups is 1. The number of ether oxygens (including phenoxy) is 2. The molecule has 0 saturated heterocycles. The molecule has 1 N–H and O–H groups in total. The normalized spacial score (nSPS) is 33.6. The molecule has 0 spiro atoms. The predicted octanol–water partition coefficient (Wildman–Crippen LogP) is 7.55. The molecule has 1 aromatic carbocycles. The summed E-state index contributed by atoms with van der Waals surface area (Å²) >= 11 is 0. The topological polar surface area (TPSA) is 74.2 Å². The largest absolute Gasteiger partial charge is 0.454 e. The Labute approximate surface area is 211 Å².